The lowest BCUT2D eigenvalue weighted by Crippen LogP contribution is -2.06. The second kappa shape index (κ2) is 5.35. The van der Waals surface area contributed by atoms with Crippen molar-refractivity contribution >= 4 is 27.3 Å². The summed E-state index contributed by atoms with van der Waals surface area (Å²) in [6, 6.07) is 9.59. The normalized spacial score (nSPS) is 10.4. The van der Waals surface area contributed by atoms with Gasteiger partial charge >= 0.3 is 0 Å². The average molecular weight is 313 g/mol. The fourth-order valence-electron chi connectivity index (χ4n) is 1.59. The van der Waals surface area contributed by atoms with Crippen LogP contribution in [0.4, 0.5) is 20.2 Å². The minimum atomic E-state index is -0.642. The highest BCUT2D eigenvalue weighted by atomic mass is 79.9. The lowest BCUT2D eigenvalue weighted by atomic mass is 10.2. The van der Waals surface area contributed by atoms with Gasteiger partial charge in [-0.25, -0.2) is 8.78 Å². The Balaban J connectivity index is 2.19. The number of halogens is 3. The SMILES string of the molecule is Nc1ccccc1CNc1c(F)cc(Br)cc1F. The summed E-state index contributed by atoms with van der Waals surface area (Å²) in [5, 5.41) is 2.71. The van der Waals surface area contributed by atoms with Gasteiger partial charge in [0.2, 0.25) is 0 Å². The zero-order valence-electron chi connectivity index (χ0n) is 9.38. The number of anilines is 2. The third-order valence-electron chi connectivity index (χ3n) is 2.52. The van der Waals surface area contributed by atoms with Gasteiger partial charge in [-0.3, -0.25) is 0 Å². The van der Waals surface area contributed by atoms with Gasteiger partial charge in [0.15, 0.2) is 0 Å². The minimum absolute atomic E-state index is 0.151. The number of benzene rings is 2. The van der Waals surface area contributed by atoms with Gasteiger partial charge in [-0.2, -0.15) is 0 Å². The molecule has 0 aliphatic rings. The van der Waals surface area contributed by atoms with E-state index in [-0.39, 0.29) is 12.2 Å². The van der Waals surface area contributed by atoms with Gasteiger partial charge in [-0.1, -0.05) is 34.1 Å². The molecule has 0 radical (unpaired) electrons. The number of para-hydroxylation sites is 1. The first-order valence-corrected chi connectivity index (χ1v) is 6.09. The van der Waals surface area contributed by atoms with Gasteiger partial charge < -0.3 is 11.1 Å². The smallest absolute Gasteiger partial charge is 0.150 e. The molecule has 2 aromatic rings. The predicted octanol–water partition coefficient (Wildman–Crippen LogP) is 3.92. The van der Waals surface area contributed by atoms with Crippen molar-refractivity contribution in [3.8, 4) is 0 Å². The van der Waals surface area contributed by atoms with Gasteiger partial charge in [0.1, 0.15) is 17.3 Å². The molecule has 0 saturated heterocycles. The van der Waals surface area contributed by atoms with Gasteiger partial charge in [0.05, 0.1) is 0 Å². The number of nitrogens with two attached hydrogens (primary N) is 1. The van der Waals surface area contributed by atoms with E-state index in [1.807, 2.05) is 6.07 Å². The topological polar surface area (TPSA) is 38.0 Å². The van der Waals surface area contributed by atoms with Crippen LogP contribution in [0.3, 0.4) is 0 Å². The van der Waals surface area contributed by atoms with Crippen LogP contribution < -0.4 is 11.1 Å². The van der Waals surface area contributed by atoms with Crippen LogP contribution in [0.5, 0.6) is 0 Å². The Morgan fingerprint density at radius 2 is 1.72 bits per heavy atom. The second-order valence-electron chi connectivity index (χ2n) is 3.80. The van der Waals surface area contributed by atoms with Crippen LogP contribution in [0.2, 0.25) is 0 Å². The van der Waals surface area contributed by atoms with Gasteiger partial charge in [0.25, 0.3) is 0 Å². The molecular formula is C13H11BrF2N2. The molecule has 2 nitrogen and oxygen atoms in total. The van der Waals surface area contributed by atoms with Crippen molar-refractivity contribution < 1.29 is 8.78 Å². The Morgan fingerprint density at radius 3 is 2.33 bits per heavy atom. The number of nitrogen functional groups attached to an aromatic ring is 1. The lowest BCUT2D eigenvalue weighted by Gasteiger charge is -2.10. The van der Waals surface area contributed by atoms with Crippen molar-refractivity contribution in [3.05, 3.63) is 58.1 Å². The minimum Gasteiger partial charge on any atom is -0.398 e. The molecule has 0 heterocycles. The molecule has 0 unspecified atom stereocenters. The highest BCUT2D eigenvalue weighted by Gasteiger charge is 2.10. The van der Waals surface area contributed by atoms with Crippen molar-refractivity contribution in [1.82, 2.24) is 0 Å². The molecule has 0 saturated carbocycles. The summed E-state index contributed by atoms with van der Waals surface area (Å²) in [6.45, 7) is 0.266. The van der Waals surface area contributed by atoms with Crippen molar-refractivity contribution in [1.29, 1.82) is 0 Å². The maximum absolute atomic E-state index is 13.6. The van der Waals surface area contributed by atoms with E-state index in [0.29, 0.717) is 10.2 Å². The summed E-state index contributed by atoms with van der Waals surface area (Å²) < 4.78 is 27.5. The first-order valence-electron chi connectivity index (χ1n) is 5.29. The highest BCUT2D eigenvalue weighted by Crippen LogP contribution is 2.24. The predicted molar refractivity (Wildman–Crippen MR) is 72.2 cm³/mol. The Morgan fingerprint density at radius 1 is 1.11 bits per heavy atom. The van der Waals surface area contributed by atoms with E-state index >= 15 is 0 Å². The molecule has 0 bridgehead atoms. The Hall–Kier alpha value is -1.62. The lowest BCUT2D eigenvalue weighted by molar-refractivity contribution is 0.586. The molecule has 0 fully saturated rings. The van der Waals surface area contributed by atoms with E-state index in [0.717, 1.165) is 5.56 Å². The zero-order chi connectivity index (χ0) is 13.1. The van der Waals surface area contributed by atoms with E-state index in [4.69, 9.17) is 5.73 Å². The van der Waals surface area contributed by atoms with Crippen molar-refractivity contribution in [3.63, 3.8) is 0 Å². The summed E-state index contributed by atoms with van der Waals surface area (Å²) in [6.07, 6.45) is 0. The van der Waals surface area contributed by atoms with E-state index in [1.54, 1.807) is 18.2 Å². The molecule has 2 aromatic carbocycles. The molecule has 0 aliphatic carbocycles. The Kier molecular flexibility index (Phi) is 3.81. The van der Waals surface area contributed by atoms with Crippen LogP contribution in [0.15, 0.2) is 40.9 Å². The number of hydrogen-bond acceptors (Lipinski definition) is 2. The second-order valence-corrected chi connectivity index (χ2v) is 4.71. The maximum atomic E-state index is 13.6. The molecule has 0 aliphatic heterocycles. The fraction of sp³-hybridized carbons (Fsp3) is 0.0769. The summed E-state index contributed by atoms with van der Waals surface area (Å²) in [4.78, 5) is 0. The molecule has 3 N–H and O–H groups in total. The molecule has 0 spiro atoms. The zero-order valence-corrected chi connectivity index (χ0v) is 11.0. The Bertz CT molecular complexity index is 550. The highest BCUT2D eigenvalue weighted by molar-refractivity contribution is 9.10. The molecular weight excluding hydrogens is 302 g/mol. The van der Waals surface area contributed by atoms with Gasteiger partial charge in [-0.15, -0.1) is 0 Å². The number of rotatable bonds is 3. The number of nitrogens with one attached hydrogen (secondary N) is 1. The van der Waals surface area contributed by atoms with Crippen LogP contribution in [-0.2, 0) is 6.54 Å². The molecule has 94 valence electrons. The average Bonchev–Trinajstić information content (AvgIpc) is 2.30. The molecule has 5 heteroatoms. The standard InChI is InChI=1S/C13H11BrF2N2/c14-9-5-10(15)13(11(16)6-9)18-7-8-3-1-2-4-12(8)17/h1-6,18H,7,17H2. The third-order valence-corrected chi connectivity index (χ3v) is 2.98. The van der Waals surface area contributed by atoms with E-state index in [9.17, 15) is 8.78 Å². The van der Waals surface area contributed by atoms with Gasteiger partial charge in [-0.05, 0) is 23.8 Å². The van der Waals surface area contributed by atoms with Crippen molar-refractivity contribution in [2.45, 2.75) is 6.54 Å². The first-order chi connectivity index (χ1) is 8.58. The summed E-state index contributed by atoms with van der Waals surface area (Å²) in [5.41, 5.74) is 6.98. The van der Waals surface area contributed by atoms with Crippen LogP contribution in [-0.4, -0.2) is 0 Å². The van der Waals surface area contributed by atoms with Crippen molar-refractivity contribution in [2.24, 2.45) is 0 Å². The third kappa shape index (κ3) is 2.79. The quantitative estimate of drug-likeness (QED) is 0.843. The molecule has 0 amide bonds. The summed E-state index contributed by atoms with van der Waals surface area (Å²) >= 11 is 3.03. The molecule has 0 atom stereocenters. The van der Waals surface area contributed by atoms with Crippen LogP contribution in [0, 0.1) is 11.6 Å². The van der Waals surface area contributed by atoms with Gasteiger partial charge in [0, 0.05) is 16.7 Å². The number of hydrogen-bond donors (Lipinski definition) is 2. The maximum Gasteiger partial charge on any atom is 0.150 e. The Labute approximate surface area is 112 Å². The van der Waals surface area contributed by atoms with Crippen LogP contribution in [0.25, 0.3) is 0 Å². The van der Waals surface area contributed by atoms with Crippen LogP contribution >= 0.6 is 15.9 Å². The first kappa shape index (κ1) is 12.8. The summed E-state index contributed by atoms with van der Waals surface area (Å²) in [5.74, 6) is -1.28. The fourth-order valence-corrected chi connectivity index (χ4v) is 1.99. The molecule has 18 heavy (non-hydrogen) atoms. The van der Waals surface area contributed by atoms with Crippen LogP contribution in [0.1, 0.15) is 5.56 Å². The van der Waals surface area contributed by atoms with E-state index in [2.05, 4.69) is 21.2 Å². The largest absolute Gasteiger partial charge is 0.398 e. The molecule has 2 rings (SSSR count). The van der Waals surface area contributed by atoms with E-state index < -0.39 is 11.6 Å². The van der Waals surface area contributed by atoms with E-state index in [1.165, 1.54) is 12.1 Å². The summed E-state index contributed by atoms with van der Waals surface area (Å²) in [7, 11) is 0. The molecule has 0 aromatic heterocycles. The monoisotopic (exact) mass is 312 g/mol. The van der Waals surface area contributed by atoms with Crippen molar-refractivity contribution in [2.75, 3.05) is 11.1 Å².